The van der Waals surface area contributed by atoms with E-state index in [1.807, 2.05) is 0 Å². The molecule has 0 aromatic heterocycles. The van der Waals surface area contributed by atoms with Crippen LogP contribution in [0.2, 0.25) is 0 Å². The van der Waals surface area contributed by atoms with Gasteiger partial charge in [-0.05, 0) is 34.5 Å². The lowest BCUT2D eigenvalue weighted by atomic mass is 10.0. The van der Waals surface area contributed by atoms with E-state index in [2.05, 4.69) is 56.1 Å². The molecular formula is C13H27N3. The lowest BCUT2D eigenvalue weighted by molar-refractivity contribution is 0.0987. The van der Waals surface area contributed by atoms with Crippen molar-refractivity contribution in [3.63, 3.8) is 0 Å². The van der Waals surface area contributed by atoms with Gasteiger partial charge in [0.25, 0.3) is 0 Å². The third-order valence-electron chi connectivity index (χ3n) is 3.27. The molecule has 3 heteroatoms. The van der Waals surface area contributed by atoms with Gasteiger partial charge in [-0.2, -0.15) is 0 Å². The van der Waals surface area contributed by atoms with Crippen LogP contribution < -0.4 is 5.32 Å². The number of likely N-dealkylation sites (N-methyl/N-ethyl adjacent to an activating group) is 3. The van der Waals surface area contributed by atoms with Crippen LogP contribution in [0.1, 0.15) is 20.8 Å². The number of rotatable bonds is 4. The standard InChI is InChI=1S/C13H27N3/c1-6-14-12(9-11(2)3)13-10-15(4)7-8-16(13)5/h9,12-14H,6-8,10H2,1-5H3. The van der Waals surface area contributed by atoms with Crippen LogP contribution >= 0.6 is 0 Å². The lowest BCUT2D eigenvalue weighted by Gasteiger charge is -2.41. The summed E-state index contributed by atoms with van der Waals surface area (Å²) in [6.07, 6.45) is 2.36. The van der Waals surface area contributed by atoms with Crippen LogP contribution in [-0.2, 0) is 0 Å². The zero-order valence-corrected chi connectivity index (χ0v) is 11.5. The van der Waals surface area contributed by atoms with E-state index in [1.54, 1.807) is 0 Å². The van der Waals surface area contributed by atoms with Crippen molar-refractivity contribution < 1.29 is 0 Å². The van der Waals surface area contributed by atoms with Gasteiger partial charge >= 0.3 is 0 Å². The first kappa shape index (κ1) is 13.7. The van der Waals surface area contributed by atoms with Crippen molar-refractivity contribution in [2.75, 3.05) is 40.3 Å². The molecule has 1 rings (SSSR count). The van der Waals surface area contributed by atoms with Crippen molar-refractivity contribution in [3.05, 3.63) is 11.6 Å². The minimum atomic E-state index is 0.475. The average molecular weight is 225 g/mol. The van der Waals surface area contributed by atoms with Crippen molar-refractivity contribution in [1.29, 1.82) is 0 Å². The summed E-state index contributed by atoms with van der Waals surface area (Å²) in [5, 5.41) is 3.59. The Bertz CT molecular complexity index is 233. The zero-order chi connectivity index (χ0) is 12.1. The molecule has 1 saturated heterocycles. The molecule has 1 N–H and O–H groups in total. The molecule has 16 heavy (non-hydrogen) atoms. The highest BCUT2D eigenvalue weighted by molar-refractivity contribution is 5.06. The van der Waals surface area contributed by atoms with Crippen molar-refractivity contribution in [3.8, 4) is 0 Å². The van der Waals surface area contributed by atoms with E-state index in [9.17, 15) is 0 Å². The average Bonchev–Trinajstić information content (AvgIpc) is 2.20. The second-order valence-corrected chi connectivity index (χ2v) is 5.14. The highest BCUT2D eigenvalue weighted by Gasteiger charge is 2.27. The van der Waals surface area contributed by atoms with Gasteiger partial charge < -0.3 is 10.2 Å². The fourth-order valence-electron chi connectivity index (χ4n) is 2.33. The Balaban J connectivity index is 2.71. The van der Waals surface area contributed by atoms with Gasteiger partial charge in [0.05, 0.1) is 0 Å². The second-order valence-electron chi connectivity index (χ2n) is 5.14. The number of hydrogen-bond acceptors (Lipinski definition) is 3. The molecule has 0 saturated carbocycles. The molecule has 0 amide bonds. The van der Waals surface area contributed by atoms with Crippen LogP contribution in [0, 0.1) is 0 Å². The van der Waals surface area contributed by atoms with Crippen LogP contribution in [0.4, 0.5) is 0 Å². The maximum atomic E-state index is 3.59. The predicted octanol–water partition coefficient (Wildman–Crippen LogP) is 1.18. The van der Waals surface area contributed by atoms with E-state index in [0.29, 0.717) is 12.1 Å². The first-order valence-corrected chi connectivity index (χ1v) is 6.31. The number of piperazine rings is 1. The van der Waals surface area contributed by atoms with Crippen LogP contribution in [0.25, 0.3) is 0 Å². The molecule has 0 aromatic carbocycles. The minimum Gasteiger partial charge on any atom is -0.309 e. The SMILES string of the molecule is CCNC(C=C(C)C)C1CN(C)CCN1C. The Morgan fingerprint density at radius 1 is 1.38 bits per heavy atom. The molecule has 1 aliphatic rings. The van der Waals surface area contributed by atoms with Crippen LogP contribution in [0.15, 0.2) is 11.6 Å². The topological polar surface area (TPSA) is 18.5 Å². The number of allylic oxidation sites excluding steroid dienone is 1. The highest BCUT2D eigenvalue weighted by atomic mass is 15.3. The van der Waals surface area contributed by atoms with E-state index < -0.39 is 0 Å². The fourth-order valence-corrected chi connectivity index (χ4v) is 2.33. The van der Waals surface area contributed by atoms with Crippen molar-refractivity contribution in [1.82, 2.24) is 15.1 Å². The molecule has 1 aliphatic heterocycles. The van der Waals surface area contributed by atoms with Gasteiger partial charge in [0.2, 0.25) is 0 Å². The first-order chi connectivity index (χ1) is 7.54. The lowest BCUT2D eigenvalue weighted by Crippen LogP contribution is -2.58. The quantitative estimate of drug-likeness (QED) is 0.725. The largest absolute Gasteiger partial charge is 0.309 e. The Morgan fingerprint density at radius 3 is 2.62 bits per heavy atom. The molecule has 2 unspecified atom stereocenters. The van der Waals surface area contributed by atoms with E-state index >= 15 is 0 Å². The molecule has 0 radical (unpaired) electrons. The summed E-state index contributed by atoms with van der Waals surface area (Å²) in [6.45, 7) is 11.1. The second kappa shape index (κ2) is 6.38. The Kier molecular flexibility index (Phi) is 5.46. The van der Waals surface area contributed by atoms with Gasteiger partial charge in [-0.15, -0.1) is 0 Å². The van der Waals surface area contributed by atoms with Gasteiger partial charge in [-0.1, -0.05) is 18.6 Å². The smallest absolute Gasteiger partial charge is 0.0422 e. The molecule has 0 aromatic rings. The van der Waals surface area contributed by atoms with Crippen LogP contribution in [0.5, 0.6) is 0 Å². The van der Waals surface area contributed by atoms with E-state index in [0.717, 1.165) is 13.1 Å². The Labute approximate surface area is 100 Å². The summed E-state index contributed by atoms with van der Waals surface area (Å²) in [5.41, 5.74) is 1.40. The maximum absolute atomic E-state index is 3.59. The third-order valence-corrected chi connectivity index (χ3v) is 3.27. The highest BCUT2D eigenvalue weighted by Crippen LogP contribution is 2.12. The summed E-state index contributed by atoms with van der Waals surface area (Å²) in [5.74, 6) is 0. The summed E-state index contributed by atoms with van der Waals surface area (Å²) in [4.78, 5) is 4.90. The first-order valence-electron chi connectivity index (χ1n) is 6.31. The summed E-state index contributed by atoms with van der Waals surface area (Å²) in [7, 11) is 4.45. The molecule has 0 spiro atoms. The van der Waals surface area contributed by atoms with Gasteiger partial charge in [0.15, 0.2) is 0 Å². The predicted molar refractivity (Wildman–Crippen MR) is 70.8 cm³/mol. The van der Waals surface area contributed by atoms with Gasteiger partial charge in [0.1, 0.15) is 0 Å². The molecule has 0 bridgehead atoms. The van der Waals surface area contributed by atoms with Crippen LogP contribution in [-0.4, -0.2) is 62.2 Å². The number of hydrogen-bond donors (Lipinski definition) is 1. The third kappa shape index (κ3) is 3.89. The Hall–Kier alpha value is -0.380. The summed E-state index contributed by atoms with van der Waals surface area (Å²) >= 11 is 0. The molecule has 2 atom stereocenters. The maximum Gasteiger partial charge on any atom is 0.0422 e. The van der Waals surface area contributed by atoms with Gasteiger partial charge in [0, 0.05) is 31.7 Å². The fraction of sp³-hybridized carbons (Fsp3) is 0.846. The Morgan fingerprint density at radius 2 is 2.06 bits per heavy atom. The van der Waals surface area contributed by atoms with E-state index in [1.165, 1.54) is 18.7 Å². The minimum absolute atomic E-state index is 0.475. The summed E-state index contributed by atoms with van der Waals surface area (Å²) in [6, 6.07) is 1.07. The molecule has 1 fully saturated rings. The van der Waals surface area contributed by atoms with Gasteiger partial charge in [-0.25, -0.2) is 0 Å². The number of nitrogens with zero attached hydrogens (tertiary/aromatic N) is 2. The molecule has 94 valence electrons. The summed E-state index contributed by atoms with van der Waals surface area (Å²) < 4.78 is 0. The van der Waals surface area contributed by atoms with E-state index in [-0.39, 0.29) is 0 Å². The normalized spacial score (nSPS) is 25.4. The molecule has 1 heterocycles. The monoisotopic (exact) mass is 225 g/mol. The van der Waals surface area contributed by atoms with Crippen molar-refractivity contribution >= 4 is 0 Å². The van der Waals surface area contributed by atoms with Crippen molar-refractivity contribution in [2.24, 2.45) is 0 Å². The van der Waals surface area contributed by atoms with Crippen LogP contribution in [0.3, 0.4) is 0 Å². The molecular weight excluding hydrogens is 198 g/mol. The molecule has 3 nitrogen and oxygen atoms in total. The van der Waals surface area contributed by atoms with Crippen molar-refractivity contribution in [2.45, 2.75) is 32.9 Å². The number of nitrogens with one attached hydrogen (secondary N) is 1. The van der Waals surface area contributed by atoms with E-state index in [4.69, 9.17) is 0 Å². The zero-order valence-electron chi connectivity index (χ0n) is 11.5. The van der Waals surface area contributed by atoms with Gasteiger partial charge in [-0.3, -0.25) is 4.90 Å². The molecule has 0 aliphatic carbocycles.